The van der Waals surface area contributed by atoms with Gasteiger partial charge in [-0.2, -0.15) is 4.31 Å². The predicted octanol–water partition coefficient (Wildman–Crippen LogP) is 0.526. The summed E-state index contributed by atoms with van der Waals surface area (Å²) in [5.74, 6) is 0.116. The van der Waals surface area contributed by atoms with Gasteiger partial charge < -0.3 is 0 Å². The first kappa shape index (κ1) is 17.8. The number of aryl methyl sites for hydroxylation is 2. The molecule has 0 amide bonds. The van der Waals surface area contributed by atoms with Crippen LogP contribution in [0.5, 0.6) is 0 Å². The molecule has 1 aromatic rings. The van der Waals surface area contributed by atoms with Crippen molar-refractivity contribution in [2.24, 2.45) is 0 Å². The van der Waals surface area contributed by atoms with Crippen molar-refractivity contribution >= 4 is 19.9 Å². The summed E-state index contributed by atoms with van der Waals surface area (Å²) in [4.78, 5) is 2.39. The van der Waals surface area contributed by atoms with Crippen molar-refractivity contribution < 1.29 is 16.8 Å². The lowest BCUT2D eigenvalue weighted by atomic mass is 10.1. The van der Waals surface area contributed by atoms with Crippen molar-refractivity contribution in [2.75, 3.05) is 44.7 Å². The number of rotatable bonds is 5. The molecular weight excluding hydrogens is 348 g/mol. The third kappa shape index (κ3) is 3.99. The van der Waals surface area contributed by atoms with Gasteiger partial charge in [-0.25, -0.2) is 16.8 Å². The van der Waals surface area contributed by atoms with E-state index in [1.54, 1.807) is 6.07 Å². The lowest BCUT2D eigenvalue weighted by Crippen LogP contribution is -2.49. The number of fused-ring (bicyclic) bond motifs is 1. The fraction of sp³-hybridized carbons (Fsp3) is 0.625. The van der Waals surface area contributed by atoms with E-state index < -0.39 is 19.9 Å². The van der Waals surface area contributed by atoms with Crippen LogP contribution in [0.15, 0.2) is 23.1 Å². The van der Waals surface area contributed by atoms with E-state index in [1.807, 2.05) is 17.0 Å². The van der Waals surface area contributed by atoms with Gasteiger partial charge in [0.15, 0.2) is 0 Å². The Kier molecular flexibility index (Phi) is 5.01. The molecule has 0 radical (unpaired) electrons. The van der Waals surface area contributed by atoms with Gasteiger partial charge in [0.2, 0.25) is 10.0 Å². The van der Waals surface area contributed by atoms with E-state index in [0.29, 0.717) is 37.6 Å². The Morgan fingerprint density at radius 3 is 2.29 bits per heavy atom. The highest BCUT2D eigenvalue weighted by molar-refractivity contribution is 7.90. The second-order valence-electron chi connectivity index (χ2n) is 6.66. The largest absolute Gasteiger partial charge is 0.300 e. The van der Waals surface area contributed by atoms with Crippen LogP contribution in [0.25, 0.3) is 0 Å². The minimum absolute atomic E-state index is 0.116. The van der Waals surface area contributed by atoms with E-state index in [4.69, 9.17) is 0 Å². The van der Waals surface area contributed by atoms with Gasteiger partial charge in [-0.15, -0.1) is 0 Å². The third-order valence-electron chi connectivity index (χ3n) is 4.82. The molecule has 24 heavy (non-hydrogen) atoms. The molecule has 0 atom stereocenters. The summed E-state index contributed by atoms with van der Waals surface area (Å²) in [6.07, 6.45) is 4.31. The van der Waals surface area contributed by atoms with Crippen molar-refractivity contribution in [2.45, 2.75) is 24.2 Å². The van der Waals surface area contributed by atoms with Crippen molar-refractivity contribution in [3.05, 3.63) is 29.3 Å². The maximum absolute atomic E-state index is 12.8. The van der Waals surface area contributed by atoms with Gasteiger partial charge in [0.1, 0.15) is 9.84 Å². The fourth-order valence-corrected chi connectivity index (χ4v) is 5.41. The summed E-state index contributed by atoms with van der Waals surface area (Å²) in [5.41, 5.74) is 2.42. The fourth-order valence-electron chi connectivity index (χ4n) is 3.35. The summed E-state index contributed by atoms with van der Waals surface area (Å²) in [6, 6.07) is 5.49. The molecule has 1 saturated heterocycles. The smallest absolute Gasteiger partial charge is 0.243 e. The van der Waals surface area contributed by atoms with Crippen LogP contribution in [0.1, 0.15) is 17.5 Å². The van der Waals surface area contributed by atoms with E-state index in [0.717, 1.165) is 24.8 Å². The Balaban J connectivity index is 1.65. The first-order chi connectivity index (χ1) is 11.3. The van der Waals surface area contributed by atoms with Gasteiger partial charge in [-0.1, -0.05) is 6.07 Å². The number of benzene rings is 1. The molecule has 2 aliphatic rings. The molecule has 0 N–H and O–H groups in total. The Morgan fingerprint density at radius 1 is 0.958 bits per heavy atom. The molecular formula is C16H24N2O4S2. The van der Waals surface area contributed by atoms with Gasteiger partial charge in [0, 0.05) is 39.0 Å². The first-order valence-corrected chi connectivity index (χ1v) is 11.8. The molecule has 1 aliphatic heterocycles. The molecule has 8 heteroatoms. The van der Waals surface area contributed by atoms with Crippen LogP contribution < -0.4 is 0 Å². The number of nitrogens with zero attached hydrogens (tertiary/aromatic N) is 2. The number of hydrogen-bond acceptors (Lipinski definition) is 5. The second-order valence-corrected chi connectivity index (χ2v) is 10.9. The monoisotopic (exact) mass is 372 g/mol. The number of hydrogen-bond donors (Lipinski definition) is 0. The molecule has 0 unspecified atom stereocenters. The molecule has 0 saturated carbocycles. The molecule has 1 fully saturated rings. The van der Waals surface area contributed by atoms with E-state index in [2.05, 4.69) is 0 Å². The summed E-state index contributed by atoms with van der Waals surface area (Å²) in [7, 11) is -6.45. The summed E-state index contributed by atoms with van der Waals surface area (Å²) in [5, 5.41) is 0. The van der Waals surface area contributed by atoms with Crippen molar-refractivity contribution in [3.8, 4) is 0 Å². The molecule has 0 aromatic heterocycles. The Morgan fingerprint density at radius 2 is 1.62 bits per heavy atom. The molecule has 0 bridgehead atoms. The number of sulfonamides is 1. The Bertz CT molecular complexity index is 810. The second kappa shape index (κ2) is 6.74. The number of piperazine rings is 1. The summed E-state index contributed by atoms with van der Waals surface area (Å²) < 4.78 is 49.6. The Hall–Kier alpha value is -0.960. The zero-order chi connectivity index (χ0) is 17.4. The van der Waals surface area contributed by atoms with Gasteiger partial charge in [0.25, 0.3) is 0 Å². The molecule has 1 heterocycles. The molecule has 3 rings (SSSR count). The maximum Gasteiger partial charge on any atom is 0.243 e. The SMILES string of the molecule is CS(=O)(=O)CCN1CCN(S(=O)(=O)c2ccc3c(c2)CCC3)CC1. The highest BCUT2D eigenvalue weighted by Gasteiger charge is 2.29. The topological polar surface area (TPSA) is 74.8 Å². The minimum Gasteiger partial charge on any atom is -0.300 e. The lowest BCUT2D eigenvalue weighted by molar-refractivity contribution is 0.197. The average molecular weight is 373 g/mol. The zero-order valence-electron chi connectivity index (χ0n) is 13.9. The van der Waals surface area contributed by atoms with Crippen LogP contribution in [0, 0.1) is 0 Å². The first-order valence-electron chi connectivity index (χ1n) is 8.28. The van der Waals surface area contributed by atoms with E-state index in [-0.39, 0.29) is 5.75 Å². The lowest BCUT2D eigenvalue weighted by Gasteiger charge is -2.33. The van der Waals surface area contributed by atoms with Gasteiger partial charge in [-0.05, 0) is 42.5 Å². The van der Waals surface area contributed by atoms with Crippen LogP contribution >= 0.6 is 0 Å². The van der Waals surface area contributed by atoms with Crippen molar-refractivity contribution in [3.63, 3.8) is 0 Å². The van der Waals surface area contributed by atoms with Crippen LogP contribution in [0.2, 0.25) is 0 Å². The molecule has 0 spiro atoms. The van der Waals surface area contributed by atoms with Crippen LogP contribution in [0.4, 0.5) is 0 Å². The normalized spacial score (nSPS) is 20.2. The average Bonchev–Trinajstić information content (AvgIpc) is 3.00. The minimum atomic E-state index is -3.46. The summed E-state index contributed by atoms with van der Waals surface area (Å²) in [6.45, 7) is 2.41. The van der Waals surface area contributed by atoms with Crippen molar-refractivity contribution in [1.82, 2.24) is 9.21 Å². The van der Waals surface area contributed by atoms with Gasteiger partial charge in [0.05, 0.1) is 10.6 Å². The quantitative estimate of drug-likeness (QED) is 0.754. The maximum atomic E-state index is 12.8. The standard InChI is InChI=1S/C16H24N2O4S2/c1-23(19,20)12-11-17-7-9-18(10-8-17)24(21,22)16-6-5-14-3-2-4-15(14)13-16/h5-6,13H,2-4,7-12H2,1H3. The molecule has 1 aliphatic carbocycles. The van der Waals surface area contributed by atoms with E-state index in [1.165, 1.54) is 16.1 Å². The number of sulfone groups is 1. The highest BCUT2D eigenvalue weighted by atomic mass is 32.2. The Labute approximate surface area is 144 Å². The molecule has 6 nitrogen and oxygen atoms in total. The van der Waals surface area contributed by atoms with Crippen LogP contribution in [-0.2, 0) is 32.7 Å². The summed E-state index contributed by atoms with van der Waals surface area (Å²) >= 11 is 0. The van der Waals surface area contributed by atoms with Crippen LogP contribution in [0.3, 0.4) is 0 Å². The van der Waals surface area contributed by atoms with Crippen molar-refractivity contribution in [1.29, 1.82) is 0 Å². The van der Waals surface area contributed by atoms with Gasteiger partial charge >= 0.3 is 0 Å². The van der Waals surface area contributed by atoms with Gasteiger partial charge in [-0.3, -0.25) is 4.90 Å². The molecule has 1 aromatic carbocycles. The third-order valence-corrected chi connectivity index (χ3v) is 7.64. The highest BCUT2D eigenvalue weighted by Crippen LogP contribution is 2.26. The molecule has 134 valence electrons. The predicted molar refractivity (Wildman–Crippen MR) is 93.4 cm³/mol. The zero-order valence-corrected chi connectivity index (χ0v) is 15.6. The van der Waals surface area contributed by atoms with E-state index in [9.17, 15) is 16.8 Å². The van der Waals surface area contributed by atoms with Crippen LogP contribution in [-0.4, -0.2) is 70.8 Å². The van der Waals surface area contributed by atoms with E-state index >= 15 is 0 Å².